The molecule has 0 fully saturated rings. The Hall–Kier alpha value is -1.61. The van der Waals surface area contributed by atoms with E-state index in [-0.39, 0.29) is 0 Å². The molecule has 0 atom stereocenters. The third kappa shape index (κ3) is 0.992. The first-order valence-electron chi connectivity index (χ1n) is 4.37. The van der Waals surface area contributed by atoms with Crippen LogP contribution in [-0.4, -0.2) is 4.98 Å². The molecule has 0 aliphatic rings. The first-order chi connectivity index (χ1) is 6.84. The SMILES string of the molecule is Nc1ccc2c(c1)sc1ncccc12. The second-order valence-electron chi connectivity index (χ2n) is 3.21. The lowest BCUT2D eigenvalue weighted by Gasteiger charge is -1.92. The zero-order valence-electron chi connectivity index (χ0n) is 7.40. The average molecular weight is 200 g/mol. The van der Waals surface area contributed by atoms with Gasteiger partial charge in [-0.15, -0.1) is 11.3 Å². The van der Waals surface area contributed by atoms with E-state index in [2.05, 4.69) is 17.1 Å². The van der Waals surface area contributed by atoms with Gasteiger partial charge in [0.05, 0.1) is 0 Å². The zero-order chi connectivity index (χ0) is 9.54. The second kappa shape index (κ2) is 2.69. The Kier molecular flexibility index (Phi) is 1.49. The molecule has 2 heterocycles. The van der Waals surface area contributed by atoms with Crippen LogP contribution in [0.1, 0.15) is 0 Å². The molecule has 0 bridgehead atoms. The van der Waals surface area contributed by atoms with Gasteiger partial charge in [-0.2, -0.15) is 0 Å². The Morgan fingerprint density at radius 2 is 2.07 bits per heavy atom. The summed E-state index contributed by atoms with van der Waals surface area (Å²) < 4.78 is 1.21. The number of hydrogen-bond acceptors (Lipinski definition) is 3. The number of pyridine rings is 1. The molecular formula is C11H8N2S. The molecule has 0 spiro atoms. The van der Waals surface area contributed by atoms with E-state index in [0.717, 1.165) is 10.5 Å². The molecule has 0 aliphatic heterocycles. The number of nitrogens with two attached hydrogens (primary N) is 1. The molecule has 0 aliphatic carbocycles. The van der Waals surface area contributed by atoms with Gasteiger partial charge in [0.1, 0.15) is 4.83 Å². The van der Waals surface area contributed by atoms with Gasteiger partial charge < -0.3 is 5.73 Å². The highest BCUT2D eigenvalue weighted by Gasteiger charge is 2.04. The Labute approximate surface area is 85.0 Å². The van der Waals surface area contributed by atoms with Crippen LogP contribution in [0.4, 0.5) is 5.69 Å². The lowest BCUT2D eigenvalue weighted by atomic mass is 10.2. The minimum atomic E-state index is 0.809. The molecule has 14 heavy (non-hydrogen) atoms. The number of nitrogen functional groups attached to an aromatic ring is 1. The number of thiophene rings is 1. The van der Waals surface area contributed by atoms with Gasteiger partial charge in [0.25, 0.3) is 0 Å². The van der Waals surface area contributed by atoms with Crippen LogP contribution in [-0.2, 0) is 0 Å². The maximum absolute atomic E-state index is 5.73. The fraction of sp³-hybridized carbons (Fsp3) is 0. The number of rotatable bonds is 0. The highest BCUT2D eigenvalue weighted by atomic mass is 32.1. The van der Waals surface area contributed by atoms with Crippen LogP contribution in [0.3, 0.4) is 0 Å². The summed E-state index contributed by atoms with van der Waals surface area (Å²) in [6.45, 7) is 0. The predicted octanol–water partition coefficient (Wildman–Crippen LogP) is 3.03. The average Bonchev–Trinajstić information content (AvgIpc) is 2.54. The first kappa shape index (κ1) is 7.76. The van der Waals surface area contributed by atoms with Crippen molar-refractivity contribution in [1.82, 2.24) is 4.98 Å². The van der Waals surface area contributed by atoms with Gasteiger partial charge in [-0.3, -0.25) is 0 Å². The summed E-state index contributed by atoms with van der Waals surface area (Å²) in [6.07, 6.45) is 1.82. The first-order valence-corrected chi connectivity index (χ1v) is 5.19. The van der Waals surface area contributed by atoms with E-state index in [0.29, 0.717) is 0 Å². The van der Waals surface area contributed by atoms with Crippen molar-refractivity contribution in [3.05, 3.63) is 36.5 Å². The molecule has 2 nitrogen and oxygen atoms in total. The van der Waals surface area contributed by atoms with Gasteiger partial charge in [-0.25, -0.2) is 4.98 Å². The van der Waals surface area contributed by atoms with Crippen molar-refractivity contribution in [2.75, 3.05) is 5.73 Å². The number of nitrogens with zero attached hydrogens (tertiary/aromatic N) is 1. The van der Waals surface area contributed by atoms with Crippen LogP contribution in [0.5, 0.6) is 0 Å². The fourth-order valence-corrected chi connectivity index (χ4v) is 2.72. The van der Waals surface area contributed by atoms with Gasteiger partial charge in [0, 0.05) is 27.4 Å². The minimum absolute atomic E-state index is 0.809. The lowest BCUT2D eigenvalue weighted by Crippen LogP contribution is -1.80. The van der Waals surface area contributed by atoms with Crippen molar-refractivity contribution in [3.8, 4) is 0 Å². The molecule has 3 aromatic rings. The van der Waals surface area contributed by atoms with Crippen molar-refractivity contribution >= 4 is 37.3 Å². The normalized spacial score (nSPS) is 11.1. The van der Waals surface area contributed by atoms with Crippen LogP contribution >= 0.6 is 11.3 Å². The molecule has 0 amide bonds. The molecule has 0 unspecified atom stereocenters. The van der Waals surface area contributed by atoms with Crippen molar-refractivity contribution in [2.45, 2.75) is 0 Å². The molecule has 0 saturated heterocycles. The van der Waals surface area contributed by atoms with E-state index in [1.165, 1.54) is 15.5 Å². The van der Waals surface area contributed by atoms with E-state index < -0.39 is 0 Å². The van der Waals surface area contributed by atoms with E-state index >= 15 is 0 Å². The molecule has 2 aromatic heterocycles. The van der Waals surface area contributed by atoms with Crippen molar-refractivity contribution < 1.29 is 0 Å². The molecule has 0 radical (unpaired) electrons. The number of aromatic nitrogens is 1. The maximum atomic E-state index is 5.73. The van der Waals surface area contributed by atoms with Crippen LogP contribution < -0.4 is 5.73 Å². The number of benzene rings is 1. The summed E-state index contributed by atoms with van der Waals surface area (Å²) >= 11 is 1.68. The van der Waals surface area contributed by atoms with Gasteiger partial charge >= 0.3 is 0 Å². The smallest absolute Gasteiger partial charge is 0.124 e. The third-order valence-electron chi connectivity index (χ3n) is 2.27. The second-order valence-corrected chi connectivity index (χ2v) is 4.24. The van der Waals surface area contributed by atoms with E-state index in [1.54, 1.807) is 11.3 Å². The standard InChI is InChI=1S/C11H8N2S/c12-7-3-4-8-9-2-1-5-13-11(9)14-10(8)6-7/h1-6H,12H2. The fourth-order valence-electron chi connectivity index (χ4n) is 1.63. The largest absolute Gasteiger partial charge is 0.399 e. The van der Waals surface area contributed by atoms with Crippen LogP contribution in [0.2, 0.25) is 0 Å². The predicted molar refractivity (Wildman–Crippen MR) is 61.5 cm³/mol. The number of fused-ring (bicyclic) bond motifs is 3. The summed E-state index contributed by atoms with van der Waals surface area (Å²) in [6, 6.07) is 10.1. The van der Waals surface area contributed by atoms with Crippen molar-refractivity contribution in [2.24, 2.45) is 0 Å². The van der Waals surface area contributed by atoms with E-state index in [4.69, 9.17) is 5.73 Å². The van der Waals surface area contributed by atoms with Gasteiger partial charge in [-0.05, 0) is 24.3 Å². The summed E-state index contributed by atoms with van der Waals surface area (Å²) in [5.41, 5.74) is 6.54. The Balaban J connectivity index is 2.57. The van der Waals surface area contributed by atoms with Crippen molar-refractivity contribution in [1.29, 1.82) is 0 Å². The van der Waals surface area contributed by atoms with Crippen molar-refractivity contribution in [3.63, 3.8) is 0 Å². The molecule has 68 valence electrons. The zero-order valence-corrected chi connectivity index (χ0v) is 8.21. The van der Waals surface area contributed by atoms with Gasteiger partial charge in [0.15, 0.2) is 0 Å². The summed E-state index contributed by atoms with van der Waals surface area (Å²) in [5.74, 6) is 0. The molecular weight excluding hydrogens is 192 g/mol. The highest BCUT2D eigenvalue weighted by Crippen LogP contribution is 2.32. The minimum Gasteiger partial charge on any atom is -0.399 e. The Morgan fingerprint density at radius 3 is 3.00 bits per heavy atom. The molecule has 2 N–H and O–H groups in total. The topological polar surface area (TPSA) is 38.9 Å². The van der Waals surface area contributed by atoms with Crippen LogP contribution in [0.15, 0.2) is 36.5 Å². The van der Waals surface area contributed by atoms with Crippen LogP contribution in [0, 0.1) is 0 Å². The summed E-state index contributed by atoms with van der Waals surface area (Å²) in [4.78, 5) is 5.40. The summed E-state index contributed by atoms with van der Waals surface area (Å²) in [5, 5.41) is 2.46. The van der Waals surface area contributed by atoms with E-state index in [9.17, 15) is 0 Å². The van der Waals surface area contributed by atoms with E-state index in [1.807, 2.05) is 24.4 Å². The maximum Gasteiger partial charge on any atom is 0.124 e. The molecule has 0 saturated carbocycles. The molecule has 3 heteroatoms. The number of anilines is 1. The quantitative estimate of drug-likeness (QED) is 0.566. The van der Waals surface area contributed by atoms with Gasteiger partial charge in [-0.1, -0.05) is 6.07 Å². The monoisotopic (exact) mass is 200 g/mol. The summed E-state index contributed by atoms with van der Waals surface area (Å²) in [7, 11) is 0. The highest BCUT2D eigenvalue weighted by molar-refractivity contribution is 7.25. The third-order valence-corrected chi connectivity index (χ3v) is 3.35. The molecule has 3 rings (SSSR count). The Morgan fingerprint density at radius 1 is 1.14 bits per heavy atom. The van der Waals surface area contributed by atoms with Gasteiger partial charge in [0.2, 0.25) is 0 Å². The molecule has 1 aromatic carbocycles. The number of hydrogen-bond donors (Lipinski definition) is 1. The van der Waals surface area contributed by atoms with Crippen LogP contribution in [0.25, 0.3) is 20.3 Å². The lowest BCUT2D eigenvalue weighted by molar-refractivity contribution is 1.45. The Bertz CT molecular complexity index is 613.